The quantitative estimate of drug-likeness (QED) is 0.460. The van der Waals surface area contributed by atoms with Crippen LogP contribution in [-0.4, -0.2) is 23.1 Å². The molecule has 0 aliphatic heterocycles. The number of benzene rings is 3. The van der Waals surface area contributed by atoms with Crippen LogP contribution in [-0.2, 0) is 16.6 Å². The van der Waals surface area contributed by atoms with E-state index in [2.05, 4.69) is 18.8 Å². The Morgan fingerprint density at radius 2 is 1.71 bits per heavy atom. The first-order valence-corrected chi connectivity index (χ1v) is 11.7. The molecule has 31 heavy (non-hydrogen) atoms. The van der Waals surface area contributed by atoms with Gasteiger partial charge in [0.25, 0.3) is 5.91 Å². The maximum absolute atomic E-state index is 12.7. The van der Waals surface area contributed by atoms with Gasteiger partial charge in [0.1, 0.15) is 15.9 Å². The summed E-state index contributed by atoms with van der Waals surface area (Å²) in [6, 6.07) is 17.4. The van der Waals surface area contributed by atoms with Gasteiger partial charge in [0.15, 0.2) is 0 Å². The number of aromatic nitrogens is 2. The Balaban J connectivity index is 1.44. The summed E-state index contributed by atoms with van der Waals surface area (Å²) in [5.74, 6) is -0.219. The molecule has 158 valence electrons. The first-order valence-electron chi connectivity index (χ1n) is 9.52. The fourth-order valence-corrected chi connectivity index (χ4v) is 4.89. The Labute approximate surface area is 184 Å². The lowest BCUT2D eigenvalue weighted by molar-refractivity contribution is 0.102. The van der Waals surface area contributed by atoms with E-state index in [0.717, 1.165) is 34.1 Å². The minimum absolute atomic E-state index is 0.0924. The van der Waals surface area contributed by atoms with Gasteiger partial charge in [-0.1, -0.05) is 30.3 Å². The molecule has 7 nitrogen and oxygen atoms in total. The number of nitrogens with one attached hydrogen (secondary N) is 2. The molecule has 0 unspecified atom stereocenters. The van der Waals surface area contributed by atoms with Gasteiger partial charge in [-0.15, -0.1) is 0 Å². The molecular formula is C22H20N4O3S2. The zero-order valence-electron chi connectivity index (χ0n) is 16.9. The maximum atomic E-state index is 12.7. The number of carbonyl (C=O) groups excluding carboxylic acids is 1. The minimum Gasteiger partial charge on any atom is -0.322 e. The molecule has 4 aromatic rings. The van der Waals surface area contributed by atoms with Crippen molar-refractivity contribution >= 4 is 44.4 Å². The third-order valence-corrected chi connectivity index (χ3v) is 7.05. The second-order valence-corrected chi connectivity index (χ2v) is 9.37. The number of hydrogen-bond acceptors (Lipinski definition) is 6. The molecule has 1 heterocycles. The Morgan fingerprint density at radius 3 is 2.48 bits per heavy atom. The monoisotopic (exact) mass is 452 g/mol. The van der Waals surface area contributed by atoms with Crippen LogP contribution >= 0.6 is 11.7 Å². The Hall–Kier alpha value is -3.14. The van der Waals surface area contributed by atoms with E-state index < -0.39 is 10.0 Å². The van der Waals surface area contributed by atoms with E-state index in [-0.39, 0.29) is 17.3 Å². The fourth-order valence-electron chi connectivity index (χ4n) is 3.11. The lowest BCUT2D eigenvalue weighted by Gasteiger charge is -2.11. The van der Waals surface area contributed by atoms with Crippen LogP contribution in [0.4, 0.5) is 5.69 Å². The molecule has 1 aromatic heterocycles. The third kappa shape index (κ3) is 4.48. The lowest BCUT2D eigenvalue weighted by Crippen LogP contribution is -2.23. The fraction of sp³-hybridized carbons (Fsp3) is 0.136. The highest BCUT2D eigenvalue weighted by Crippen LogP contribution is 2.22. The molecule has 0 saturated carbocycles. The smallest absolute Gasteiger partial charge is 0.255 e. The van der Waals surface area contributed by atoms with Crippen molar-refractivity contribution in [2.75, 3.05) is 5.32 Å². The Kier molecular flexibility index (Phi) is 5.81. The molecule has 0 fully saturated rings. The van der Waals surface area contributed by atoms with E-state index in [1.165, 1.54) is 6.07 Å². The van der Waals surface area contributed by atoms with Crippen LogP contribution < -0.4 is 10.0 Å². The lowest BCUT2D eigenvalue weighted by atomic mass is 10.1. The number of anilines is 1. The molecule has 0 bridgehead atoms. The molecule has 3 aromatic carbocycles. The van der Waals surface area contributed by atoms with Gasteiger partial charge in [-0.2, -0.15) is 8.75 Å². The number of sulfonamides is 1. The SMILES string of the molecule is Cc1cccc(NC(=O)c2ccc(CNS(=O)(=O)c3cccc4nsnc34)cc2)c1C. The summed E-state index contributed by atoms with van der Waals surface area (Å²) in [7, 11) is -3.76. The average molecular weight is 453 g/mol. The summed E-state index contributed by atoms with van der Waals surface area (Å²) in [6.45, 7) is 4.05. The van der Waals surface area contributed by atoms with E-state index in [1.807, 2.05) is 32.0 Å². The zero-order valence-corrected chi connectivity index (χ0v) is 18.5. The average Bonchev–Trinajstić information content (AvgIpc) is 3.25. The molecule has 0 aliphatic carbocycles. The van der Waals surface area contributed by atoms with Crippen LogP contribution in [0.5, 0.6) is 0 Å². The van der Waals surface area contributed by atoms with Gasteiger partial charge in [0.05, 0.1) is 11.7 Å². The second kappa shape index (κ2) is 8.54. The molecule has 0 radical (unpaired) electrons. The molecule has 0 atom stereocenters. The number of carbonyl (C=O) groups is 1. The first-order chi connectivity index (χ1) is 14.8. The Bertz CT molecular complexity index is 1360. The number of hydrogen-bond donors (Lipinski definition) is 2. The molecule has 9 heteroatoms. The van der Waals surface area contributed by atoms with Crippen molar-refractivity contribution in [3.8, 4) is 0 Å². The van der Waals surface area contributed by atoms with E-state index >= 15 is 0 Å². The Morgan fingerprint density at radius 1 is 0.968 bits per heavy atom. The van der Waals surface area contributed by atoms with Crippen LogP contribution in [0.3, 0.4) is 0 Å². The highest BCUT2D eigenvalue weighted by molar-refractivity contribution is 7.89. The summed E-state index contributed by atoms with van der Waals surface area (Å²) in [4.78, 5) is 12.7. The van der Waals surface area contributed by atoms with Crippen molar-refractivity contribution in [1.29, 1.82) is 0 Å². The number of aryl methyl sites for hydroxylation is 1. The summed E-state index contributed by atoms with van der Waals surface area (Å²) in [5, 5.41) is 2.92. The number of nitrogens with zero attached hydrogens (tertiary/aromatic N) is 2. The van der Waals surface area contributed by atoms with Crippen LogP contribution in [0.1, 0.15) is 27.0 Å². The van der Waals surface area contributed by atoms with Crippen molar-refractivity contribution < 1.29 is 13.2 Å². The van der Waals surface area contributed by atoms with Crippen LogP contribution in [0.25, 0.3) is 11.0 Å². The van der Waals surface area contributed by atoms with E-state index in [1.54, 1.807) is 36.4 Å². The van der Waals surface area contributed by atoms with Gasteiger partial charge in [-0.25, -0.2) is 13.1 Å². The second-order valence-electron chi connectivity index (χ2n) is 7.11. The highest BCUT2D eigenvalue weighted by atomic mass is 32.2. The summed E-state index contributed by atoms with van der Waals surface area (Å²) < 4.78 is 36.2. The topological polar surface area (TPSA) is 101 Å². The van der Waals surface area contributed by atoms with Gasteiger partial charge in [-0.05, 0) is 60.9 Å². The van der Waals surface area contributed by atoms with Crippen LogP contribution in [0, 0.1) is 13.8 Å². The number of rotatable bonds is 6. The predicted octanol–water partition coefficient (Wildman–Crippen LogP) is 4.04. The first kappa shape index (κ1) is 21.1. The summed E-state index contributed by atoms with van der Waals surface area (Å²) in [6.07, 6.45) is 0. The van der Waals surface area contributed by atoms with Crippen molar-refractivity contribution in [1.82, 2.24) is 13.5 Å². The zero-order chi connectivity index (χ0) is 22.0. The largest absolute Gasteiger partial charge is 0.322 e. The van der Waals surface area contributed by atoms with Gasteiger partial charge < -0.3 is 5.32 Å². The van der Waals surface area contributed by atoms with Crippen LogP contribution in [0.2, 0.25) is 0 Å². The van der Waals surface area contributed by atoms with E-state index in [4.69, 9.17) is 0 Å². The molecule has 0 saturated heterocycles. The molecule has 4 rings (SSSR count). The minimum atomic E-state index is -3.76. The number of amides is 1. The molecule has 0 spiro atoms. The van der Waals surface area contributed by atoms with Crippen molar-refractivity contribution in [3.05, 3.63) is 82.9 Å². The van der Waals surface area contributed by atoms with E-state index in [9.17, 15) is 13.2 Å². The van der Waals surface area contributed by atoms with Crippen molar-refractivity contribution in [2.24, 2.45) is 0 Å². The highest BCUT2D eigenvalue weighted by Gasteiger charge is 2.19. The van der Waals surface area contributed by atoms with Crippen molar-refractivity contribution in [3.63, 3.8) is 0 Å². The maximum Gasteiger partial charge on any atom is 0.255 e. The standard InChI is InChI=1S/C22H20N4O3S2/c1-14-5-3-6-18(15(14)2)24-22(27)17-11-9-16(10-12-17)13-23-31(28,29)20-8-4-7-19-21(20)26-30-25-19/h3-12,23H,13H2,1-2H3,(H,24,27). The van der Waals surface area contributed by atoms with Crippen molar-refractivity contribution in [2.45, 2.75) is 25.3 Å². The summed E-state index contributed by atoms with van der Waals surface area (Å²) >= 11 is 0.974. The normalized spacial score (nSPS) is 11.5. The van der Waals surface area contributed by atoms with Gasteiger partial charge in [0, 0.05) is 17.8 Å². The number of fused-ring (bicyclic) bond motifs is 1. The van der Waals surface area contributed by atoms with Gasteiger partial charge >= 0.3 is 0 Å². The molecule has 1 amide bonds. The van der Waals surface area contributed by atoms with Gasteiger partial charge in [-0.3, -0.25) is 4.79 Å². The molecule has 2 N–H and O–H groups in total. The third-order valence-electron chi connectivity index (χ3n) is 5.07. The molecular weight excluding hydrogens is 432 g/mol. The van der Waals surface area contributed by atoms with Crippen LogP contribution in [0.15, 0.2) is 65.6 Å². The predicted molar refractivity (Wildman–Crippen MR) is 122 cm³/mol. The summed E-state index contributed by atoms with van der Waals surface area (Å²) in [5.41, 5.74) is 5.02. The van der Waals surface area contributed by atoms with Gasteiger partial charge in [0.2, 0.25) is 10.0 Å². The van der Waals surface area contributed by atoms with E-state index in [0.29, 0.717) is 16.6 Å². The molecule has 0 aliphatic rings.